The van der Waals surface area contributed by atoms with Crippen LogP contribution in [0.25, 0.3) is 0 Å². The van der Waals surface area contributed by atoms with Crippen molar-refractivity contribution in [2.24, 2.45) is 11.8 Å². The summed E-state index contributed by atoms with van der Waals surface area (Å²) in [7, 11) is 0. The van der Waals surface area contributed by atoms with Crippen molar-refractivity contribution in [2.75, 3.05) is 25.0 Å². The quantitative estimate of drug-likeness (QED) is 0.738. The number of aromatic nitrogens is 4. The monoisotopic (exact) mass is 438 g/mol. The van der Waals surface area contributed by atoms with Crippen molar-refractivity contribution in [3.8, 4) is 0 Å². The maximum absolute atomic E-state index is 12.9. The fourth-order valence-corrected chi connectivity index (χ4v) is 5.60. The molecule has 2 saturated heterocycles. The van der Waals surface area contributed by atoms with Crippen LogP contribution in [0.5, 0.6) is 0 Å². The van der Waals surface area contributed by atoms with Crippen LogP contribution in [0.15, 0.2) is 18.3 Å². The van der Waals surface area contributed by atoms with Crippen molar-refractivity contribution in [3.05, 3.63) is 29.8 Å². The van der Waals surface area contributed by atoms with Crippen LogP contribution < -0.4 is 5.32 Å². The molecule has 1 spiro atoms. The summed E-state index contributed by atoms with van der Waals surface area (Å²) < 4.78 is 6.35. The SMILES string of the molecule is Cc1cc(Nc2ccnc(CC3COC4(CCN(C(=O)C5CCCCC5)CC4)C3)n2)n[nH]1. The lowest BCUT2D eigenvalue weighted by Crippen LogP contribution is -2.48. The van der Waals surface area contributed by atoms with Gasteiger partial charge in [-0.25, -0.2) is 9.97 Å². The van der Waals surface area contributed by atoms with Gasteiger partial charge in [-0.05, 0) is 51.0 Å². The number of aryl methyl sites for hydroxylation is 1. The van der Waals surface area contributed by atoms with Crippen molar-refractivity contribution in [1.82, 2.24) is 25.1 Å². The van der Waals surface area contributed by atoms with E-state index in [9.17, 15) is 4.79 Å². The molecule has 5 rings (SSSR count). The normalized spacial score (nSPS) is 23.5. The number of rotatable bonds is 5. The van der Waals surface area contributed by atoms with E-state index in [1.54, 1.807) is 6.20 Å². The molecule has 1 unspecified atom stereocenters. The number of hydrogen-bond acceptors (Lipinski definition) is 6. The number of piperidine rings is 1. The lowest BCUT2D eigenvalue weighted by Gasteiger charge is -2.40. The van der Waals surface area contributed by atoms with Gasteiger partial charge in [0.1, 0.15) is 11.6 Å². The Kier molecular flexibility index (Phi) is 6.13. The molecule has 2 aromatic heterocycles. The van der Waals surface area contributed by atoms with Gasteiger partial charge < -0.3 is 15.0 Å². The lowest BCUT2D eigenvalue weighted by molar-refractivity contribution is -0.141. The van der Waals surface area contributed by atoms with Crippen LogP contribution in [-0.4, -0.2) is 56.3 Å². The molecule has 1 aliphatic carbocycles. The van der Waals surface area contributed by atoms with Crippen LogP contribution in [0.3, 0.4) is 0 Å². The number of nitrogens with one attached hydrogen (secondary N) is 2. The Balaban J connectivity index is 1.13. The average Bonchev–Trinajstić information content (AvgIpc) is 3.40. The molecule has 3 fully saturated rings. The first kappa shape index (κ1) is 21.4. The second kappa shape index (κ2) is 9.17. The van der Waals surface area contributed by atoms with Crippen LogP contribution in [0.1, 0.15) is 62.9 Å². The van der Waals surface area contributed by atoms with E-state index in [4.69, 9.17) is 4.74 Å². The highest BCUT2D eigenvalue weighted by atomic mass is 16.5. The van der Waals surface area contributed by atoms with Gasteiger partial charge in [-0.15, -0.1) is 0 Å². The number of carbonyl (C=O) groups excluding carboxylic acids is 1. The van der Waals surface area contributed by atoms with E-state index in [1.165, 1.54) is 19.3 Å². The van der Waals surface area contributed by atoms with Crippen molar-refractivity contribution in [2.45, 2.75) is 70.3 Å². The molecule has 8 heteroatoms. The summed E-state index contributed by atoms with van der Waals surface area (Å²) in [5.41, 5.74) is 0.929. The number of H-pyrrole nitrogens is 1. The van der Waals surface area contributed by atoms with Gasteiger partial charge in [-0.1, -0.05) is 19.3 Å². The fraction of sp³-hybridized carbons (Fsp3) is 0.667. The third kappa shape index (κ3) is 4.80. The molecular formula is C24H34N6O2. The molecule has 4 heterocycles. The summed E-state index contributed by atoms with van der Waals surface area (Å²) in [5, 5.41) is 10.4. The van der Waals surface area contributed by atoms with Gasteiger partial charge in [0.05, 0.1) is 12.2 Å². The highest BCUT2D eigenvalue weighted by molar-refractivity contribution is 5.79. The van der Waals surface area contributed by atoms with E-state index in [-0.39, 0.29) is 11.5 Å². The maximum atomic E-state index is 12.9. The first-order chi connectivity index (χ1) is 15.6. The Morgan fingerprint density at radius 1 is 1.25 bits per heavy atom. The number of nitrogens with zero attached hydrogens (tertiary/aromatic N) is 4. The molecule has 1 amide bonds. The summed E-state index contributed by atoms with van der Waals surface area (Å²) in [6, 6.07) is 3.81. The van der Waals surface area contributed by atoms with Gasteiger partial charge in [0.15, 0.2) is 5.82 Å². The summed E-state index contributed by atoms with van der Waals surface area (Å²) >= 11 is 0. The number of anilines is 2. The predicted octanol–water partition coefficient (Wildman–Crippen LogP) is 3.77. The van der Waals surface area contributed by atoms with Gasteiger partial charge in [0, 0.05) is 43.4 Å². The van der Waals surface area contributed by atoms with Gasteiger partial charge in [0.2, 0.25) is 5.91 Å². The molecule has 1 saturated carbocycles. The topological polar surface area (TPSA) is 96.0 Å². The zero-order valence-corrected chi connectivity index (χ0v) is 19.0. The van der Waals surface area contributed by atoms with E-state index < -0.39 is 0 Å². The molecule has 0 radical (unpaired) electrons. The third-order valence-corrected chi connectivity index (χ3v) is 7.37. The Hall–Kier alpha value is -2.48. The molecule has 8 nitrogen and oxygen atoms in total. The molecule has 2 N–H and O–H groups in total. The molecule has 2 aromatic rings. The minimum absolute atomic E-state index is 0.0730. The minimum atomic E-state index is -0.0730. The zero-order chi connectivity index (χ0) is 22.0. The molecule has 0 aromatic carbocycles. The molecule has 0 bridgehead atoms. The van der Waals surface area contributed by atoms with E-state index in [0.717, 1.165) is 81.4 Å². The second-order valence-electron chi connectivity index (χ2n) is 9.85. The van der Waals surface area contributed by atoms with Crippen LogP contribution in [-0.2, 0) is 16.0 Å². The Morgan fingerprint density at radius 2 is 2.06 bits per heavy atom. The smallest absolute Gasteiger partial charge is 0.225 e. The van der Waals surface area contributed by atoms with Gasteiger partial charge in [0.25, 0.3) is 0 Å². The molecule has 1 atom stereocenters. The van der Waals surface area contributed by atoms with E-state index >= 15 is 0 Å². The largest absolute Gasteiger partial charge is 0.375 e. The standard InChI is InChI=1S/C24H34N6O2/c1-17-13-22(29-28-17)27-20-7-10-25-21(26-20)14-18-15-24(32-16-18)8-11-30(12-9-24)23(31)19-5-3-2-4-6-19/h7,10,13,18-19H,2-6,8-9,11-12,14-16H2,1H3,(H2,25,26,27,28,29). The van der Waals surface area contributed by atoms with Gasteiger partial charge >= 0.3 is 0 Å². The van der Waals surface area contributed by atoms with E-state index in [1.807, 2.05) is 19.1 Å². The fourth-order valence-electron chi connectivity index (χ4n) is 5.60. The summed E-state index contributed by atoms with van der Waals surface area (Å²) in [4.78, 5) is 24.1. The van der Waals surface area contributed by atoms with Crippen molar-refractivity contribution in [1.29, 1.82) is 0 Å². The first-order valence-corrected chi connectivity index (χ1v) is 12.1. The number of aromatic amines is 1. The van der Waals surface area contributed by atoms with Crippen molar-refractivity contribution < 1.29 is 9.53 Å². The molecule has 32 heavy (non-hydrogen) atoms. The second-order valence-corrected chi connectivity index (χ2v) is 9.85. The Morgan fingerprint density at radius 3 is 2.81 bits per heavy atom. The summed E-state index contributed by atoms with van der Waals surface area (Å²) in [6.45, 7) is 4.38. The van der Waals surface area contributed by atoms with Crippen LogP contribution in [0, 0.1) is 18.8 Å². The lowest BCUT2D eigenvalue weighted by atomic mass is 9.83. The highest BCUT2D eigenvalue weighted by Crippen LogP contribution is 2.40. The molecule has 2 aliphatic heterocycles. The number of amides is 1. The summed E-state index contributed by atoms with van der Waals surface area (Å²) in [5.74, 6) is 3.41. The number of ether oxygens (including phenoxy) is 1. The van der Waals surface area contributed by atoms with Gasteiger partial charge in [-0.2, -0.15) is 5.10 Å². The van der Waals surface area contributed by atoms with Crippen molar-refractivity contribution >= 4 is 17.5 Å². The van der Waals surface area contributed by atoms with Crippen molar-refractivity contribution in [3.63, 3.8) is 0 Å². The number of likely N-dealkylation sites (tertiary alicyclic amines) is 1. The predicted molar refractivity (Wildman–Crippen MR) is 122 cm³/mol. The average molecular weight is 439 g/mol. The molecule has 3 aliphatic rings. The highest BCUT2D eigenvalue weighted by Gasteiger charge is 2.44. The number of hydrogen-bond donors (Lipinski definition) is 2. The van der Waals surface area contributed by atoms with E-state index in [0.29, 0.717) is 11.8 Å². The first-order valence-electron chi connectivity index (χ1n) is 12.1. The Labute approximate surface area is 189 Å². The van der Waals surface area contributed by atoms with Crippen LogP contribution in [0.2, 0.25) is 0 Å². The van der Waals surface area contributed by atoms with Crippen LogP contribution in [0.4, 0.5) is 11.6 Å². The van der Waals surface area contributed by atoms with Gasteiger partial charge in [-0.3, -0.25) is 9.89 Å². The minimum Gasteiger partial charge on any atom is -0.375 e. The maximum Gasteiger partial charge on any atom is 0.225 e. The summed E-state index contributed by atoms with van der Waals surface area (Å²) in [6.07, 6.45) is 11.4. The Bertz CT molecular complexity index is 930. The zero-order valence-electron chi connectivity index (χ0n) is 19.0. The van der Waals surface area contributed by atoms with Crippen LogP contribution >= 0.6 is 0 Å². The van der Waals surface area contributed by atoms with E-state index in [2.05, 4.69) is 30.4 Å². The number of carbonyl (C=O) groups is 1. The molecule has 172 valence electrons. The molecular weight excluding hydrogens is 404 g/mol. The third-order valence-electron chi connectivity index (χ3n) is 7.37.